The van der Waals surface area contributed by atoms with Crippen LogP contribution >= 0.6 is 0 Å². The summed E-state index contributed by atoms with van der Waals surface area (Å²) in [7, 11) is 1.43. The van der Waals surface area contributed by atoms with Gasteiger partial charge in [0, 0.05) is 24.6 Å². The minimum absolute atomic E-state index is 0.101. The van der Waals surface area contributed by atoms with Crippen molar-refractivity contribution < 1.29 is 27.8 Å². The number of hydrogen-bond acceptors (Lipinski definition) is 5. The molecule has 2 atom stereocenters. The Morgan fingerprint density at radius 1 is 1.31 bits per heavy atom. The molecule has 1 fully saturated rings. The number of hydrogen-bond donors (Lipinski definition) is 2. The Balaban J connectivity index is 0.000000234. The lowest BCUT2D eigenvalue weighted by Gasteiger charge is -2.11. The van der Waals surface area contributed by atoms with Crippen molar-refractivity contribution in [3.8, 4) is 0 Å². The van der Waals surface area contributed by atoms with Crippen LogP contribution in [0.5, 0.6) is 0 Å². The van der Waals surface area contributed by atoms with E-state index in [9.17, 15) is 18.4 Å². The highest BCUT2D eigenvalue weighted by atomic mass is 19.2. The molecule has 29 heavy (non-hydrogen) atoms. The van der Waals surface area contributed by atoms with Crippen molar-refractivity contribution in [3.63, 3.8) is 0 Å². The third-order valence-electron chi connectivity index (χ3n) is 4.14. The zero-order chi connectivity index (χ0) is 21.4. The first-order valence-corrected chi connectivity index (χ1v) is 8.95. The lowest BCUT2D eigenvalue weighted by atomic mass is 10.2. The van der Waals surface area contributed by atoms with E-state index in [4.69, 9.17) is 10.5 Å². The average molecular weight is 407 g/mol. The average Bonchev–Trinajstić information content (AvgIpc) is 3.13. The zero-order valence-electron chi connectivity index (χ0n) is 16.2. The Morgan fingerprint density at radius 3 is 2.69 bits per heavy atom. The van der Waals surface area contributed by atoms with Gasteiger partial charge in [0.1, 0.15) is 11.8 Å². The van der Waals surface area contributed by atoms with Crippen LogP contribution in [-0.4, -0.2) is 36.1 Å². The van der Waals surface area contributed by atoms with E-state index in [0.717, 1.165) is 12.5 Å². The van der Waals surface area contributed by atoms with Crippen LogP contribution in [0.25, 0.3) is 0 Å². The number of nitrogens with zero attached hydrogens (tertiary/aromatic N) is 1. The Labute approximate surface area is 167 Å². The molecular weight excluding hydrogens is 384 g/mol. The molecule has 0 saturated carbocycles. The van der Waals surface area contributed by atoms with Gasteiger partial charge in [-0.05, 0) is 38.0 Å². The van der Waals surface area contributed by atoms with E-state index in [2.05, 4.69) is 15.0 Å². The van der Waals surface area contributed by atoms with E-state index in [1.54, 1.807) is 6.07 Å². The summed E-state index contributed by atoms with van der Waals surface area (Å²) in [5.74, 6) is -2.49. The number of nitrogens with one attached hydrogen (secondary N) is 1. The van der Waals surface area contributed by atoms with Gasteiger partial charge in [0.25, 0.3) is 11.8 Å². The molecule has 3 rings (SSSR count). The highest BCUT2D eigenvalue weighted by Gasteiger charge is 2.28. The van der Waals surface area contributed by atoms with Gasteiger partial charge in [-0.15, -0.1) is 0 Å². The predicted octanol–water partition coefficient (Wildman–Crippen LogP) is 2.80. The van der Waals surface area contributed by atoms with Gasteiger partial charge in [0.15, 0.2) is 11.6 Å². The van der Waals surface area contributed by atoms with Crippen LogP contribution in [0.2, 0.25) is 0 Å². The van der Waals surface area contributed by atoms with Crippen molar-refractivity contribution in [2.24, 2.45) is 5.73 Å². The van der Waals surface area contributed by atoms with E-state index < -0.39 is 23.6 Å². The Bertz CT molecular complexity index is 863. The maximum absolute atomic E-state index is 12.7. The minimum Gasteiger partial charge on any atom is -0.380 e. The molecule has 3 N–H and O–H groups in total. The maximum Gasteiger partial charge on any atom is 0.267 e. The largest absolute Gasteiger partial charge is 0.380 e. The predicted molar refractivity (Wildman–Crippen MR) is 102 cm³/mol. The summed E-state index contributed by atoms with van der Waals surface area (Å²) < 4.78 is 35.3. The molecule has 0 radical (unpaired) electrons. The van der Waals surface area contributed by atoms with E-state index in [0.29, 0.717) is 12.1 Å². The number of pyridine rings is 1. The summed E-state index contributed by atoms with van der Waals surface area (Å²) in [4.78, 5) is 26.6. The number of methoxy groups -OCH3 is 1. The Morgan fingerprint density at radius 2 is 2.07 bits per heavy atom. The molecule has 2 aromatic rings. The third kappa shape index (κ3) is 6.58. The summed E-state index contributed by atoms with van der Waals surface area (Å²) in [5.41, 5.74) is 5.97. The summed E-state index contributed by atoms with van der Waals surface area (Å²) in [6.07, 6.45) is 2.69. The smallest absolute Gasteiger partial charge is 0.267 e. The van der Waals surface area contributed by atoms with Crippen molar-refractivity contribution in [2.75, 3.05) is 12.4 Å². The standard InChI is InChI=1S/C12H15N3O3.C8H8F2O/c1-7-2-3-10(18-7)12(17)15-8-4-5-14-9(6-8)11(13)16;1-11-5-6-3-2-4-7(9)8(6)10/h4-7,10H,2-3H2,1H3,(H2,13,16)(H,14,15,17);2-4H,5H2,1H3. The van der Waals surface area contributed by atoms with Crippen LogP contribution in [0.3, 0.4) is 0 Å². The van der Waals surface area contributed by atoms with Gasteiger partial charge in [-0.3, -0.25) is 14.6 Å². The second-order valence-corrected chi connectivity index (χ2v) is 6.44. The number of benzene rings is 1. The van der Waals surface area contributed by atoms with Crippen LogP contribution in [0.4, 0.5) is 14.5 Å². The van der Waals surface area contributed by atoms with Crippen LogP contribution in [0, 0.1) is 11.6 Å². The van der Waals surface area contributed by atoms with E-state index >= 15 is 0 Å². The highest BCUT2D eigenvalue weighted by molar-refractivity contribution is 5.96. The monoisotopic (exact) mass is 407 g/mol. The molecule has 0 bridgehead atoms. The fourth-order valence-corrected chi connectivity index (χ4v) is 2.68. The molecule has 1 saturated heterocycles. The van der Waals surface area contributed by atoms with E-state index in [1.165, 1.54) is 31.5 Å². The Kier molecular flexibility index (Phi) is 8.17. The SMILES string of the molecule is CC1CCC(C(=O)Nc2ccnc(C(N)=O)c2)O1.COCc1cccc(F)c1F. The molecular formula is C20H23F2N3O4. The number of carbonyl (C=O) groups excluding carboxylic acids is 2. The molecule has 1 aromatic heterocycles. The van der Waals surface area contributed by atoms with Crippen LogP contribution in [0.1, 0.15) is 35.8 Å². The normalized spacial score (nSPS) is 17.9. The summed E-state index contributed by atoms with van der Waals surface area (Å²) >= 11 is 0. The Hall–Kier alpha value is -2.91. The van der Waals surface area contributed by atoms with Gasteiger partial charge in [-0.25, -0.2) is 8.78 Å². The van der Waals surface area contributed by atoms with Gasteiger partial charge < -0.3 is 20.5 Å². The van der Waals surface area contributed by atoms with Gasteiger partial charge in [0.05, 0.1) is 12.7 Å². The minimum atomic E-state index is -0.834. The zero-order valence-corrected chi connectivity index (χ0v) is 16.2. The summed E-state index contributed by atoms with van der Waals surface area (Å²) in [6.45, 7) is 2.04. The molecule has 156 valence electrons. The number of rotatable bonds is 5. The van der Waals surface area contributed by atoms with E-state index in [1.807, 2.05) is 6.92 Å². The molecule has 2 unspecified atom stereocenters. The number of carbonyl (C=O) groups is 2. The fourth-order valence-electron chi connectivity index (χ4n) is 2.68. The van der Waals surface area contributed by atoms with Crippen molar-refractivity contribution in [1.82, 2.24) is 4.98 Å². The lowest BCUT2D eigenvalue weighted by molar-refractivity contribution is -0.126. The first-order chi connectivity index (χ1) is 13.8. The van der Waals surface area contributed by atoms with Crippen molar-refractivity contribution in [1.29, 1.82) is 0 Å². The maximum atomic E-state index is 12.7. The number of nitrogens with two attached hydrogens (primary N) is 1. The van der Waals surface area contributed by atoms with Crippen LogP contribution in [0.15, 0.2) is 36.5 Å². The molecule has 1 aromatic carbocycles. The molecule has 7 nitrogen and oxygen atoms in total. The first kappa shape index (κ1) is 22.4. The summed E-state index contributed by atoms with van der Waals surface area (Å²) in [5, 5.41) is 2.69. The number of amides is 2. The van der Waals surface area contributed by atoms with Crippen LogP contribution < -0.4 is 11.1 Å². The number of primary amides is 1. The molecule has 9 heteroatoms. The molecule has 1 aliphatic rings. The molecule has 2 heterocycles. The number of aromatic nitrogens is 1. The topological polar surface area (TPSA) is 104 Å². The van der Waals surface area contributed by atoms with Gasteiger partial charge >= 0.3 is 0 Å². The molecule has 0 aliphatic carbocycles. The number of halogens is 2. The van der Waals surface area contributed by atoms with E-state index in [-0.39, 0.29) is 29.9 Å². The van der Waals surface area contributed by atoms with Crippen LogP contribution in [-0.2, 0) is 20.9 Å². The fraction of sp³-hybridized carbons (Fsp3) is 0.350. The summed E-state index contributed by atoms with van der Waals surface area (Å²) in [6, 6.07) is 7.06. The van der Waals surface area contributed by atoms with Crippen molar-refractivity contribution in [3.05, 3.63) is 59.4 Å². The quantitative estimate of drug-likeness (QED) is 0.793. The van der Waals surface area contributed by atoms with Gasteiger partial charge in [-0.1, -0.05) is 12.1 Å². The van der Waals surface area contributed by atoms with Gasteiger partial charge in [0.2, 0.25) is 0 Å². The molecule has 2 amide bonds. The third-order valence-corrected chi connectivity index (χ3v) is 4.14. The second kappa shape index (κ2) is 10.6. The highest BCUT2D eigenvalue weighted by Crippen LogP contribution is 2.20. The molecule has 0 spiro atoms. The molecule has 1 aliphatic heterocycles. The second-order valence-electron chi connectivity index (χ2n) is 6.44. The lowest BCUT2D eigenvalue weighted by Crippen LogP contribution is -2.28. The van der Waals surface area contributed by atoms with Gasteiger partial charge in [-0.2, -0.15) is 0 Å². The number of anilines is 1. The van der Waals surface area contributed by atoms with Crippen molar-refractivity contribution in [2.45, 2.75) is 38.6 Å². The first-order valence-electron chi connectivity index (χ1n) is 8.95. The number of ether oxygens (including phenoxy) is 2. The van der Waals surface area contributed by atoms with Crippen molar-refractivity contribution >= 4 is 17.5 Å².